The van der Waals surface area contributed by atoms with Crippen LogP contribution in [-0.2, 0) is 10.0 Å². The Hall–Kier alpha value is -1.12. The fraction of sp³-hybridized carbons (Fsp3) is 0.706. The molecule has 0 amide bonds. The highest BCUT2D eigenvalue weighted by Crippen LogP contribution is 2.17. The summed E-state index contributed by atoms with van der Waals surface area (Å²) in [6, 6.07) is 2.41. The molecule has 8 heteroatoms. The average Bonchev–Trinajstić information content (AvgIpc) is 3.13. The van der Waals surface area contributed by atoms with Gasteiger partial charge in [0.2, 0.25) is 10.0 Å². The van der Waals surface area contributed by atoms with Crippen LogP contribution in [0.1, 0.15) is 44.6 Å². The molecule has 1 aromatic heterocycles. The molecule has 1 atom stereocenters. The van der Waals surface area contributed by atoms with E-state index < -0.39 is 10.0 Å². The monoisotopic (exact) mass is 386 g/mol. The van der Waals surface area contributed by atoms with E-state index in [9.17, 15) is 8.42 Å². The standard InChI is InChI=1S/C17H30N4O2S2/c1-4-11-25(22,23)21-8-5-16(6-9-21)20-17(18-3)19-12-14(2)15-7-10-24-13-15/h7,10,13-14,16H,4-6,8-9,11-12H2,1-3H3,(H2,18,19,20). The van der Waals surface area contributed by atoms with E-state index >= 15 is 0 Å². The molecular weight excluding hydrogens is 356 g/mol. The third-order valence-electron chi connectivity index (χ3n) is 4.56. The van der Waals surface area contributed by atoms with Crippen LogP contribution in [0.25, 0.3) is 0 Å². The predicted molar refractivity (Wildman–Crippen MR) is 106 cm³/mol. The van der Waals surface area contributed by atoms with Gasteiger partial charge in [-0.1, -0.05) is 13.8 Å². The van der Waals surface area contributed by atoms with Crippen LogP contribution in [0.3, 0.4) is 0 Å². The summed E-state index contributed by atoms with van der Waals surface area (Å²) in [6.45, 7) is 6.09. The molecule has 2 rings (SSSR count). The highest BCUT2D eigenvalue weighted by Gasteiger charge is 2.27. The fourth-order valence-corrected chi connectivity index (χ4v) is 5.30. The van der Waals surface area contributed by atoms with E-state index in [1.54, 1.807) is 22.7 Å². The van der Waals surface area contributed by atoms with Crippen LogP contribution in [0.2, 0.25) is 0 Å². The largest absolute Gasteiger partial charge is 0.356 e. The van der Waals surface area contributed by atoms with Crippen LogP contribution in [0.4, 0.5) is 0 Å². The Morgan fingerprint density at radius 2 is 2.16 bits per heavy atom. The molecule has 0 saturated carbocycles. The van der Waals surface area contributed by atoms with Gasteiger partial charge in [0.25, 0.3) is 0 Å². The maximum absolute atomic E-state index is 12.1. The van der Waals surface area contributed by atoms with Gasteiger partial charge in [0, 0.05) is 32.7 Å². The molecule has 1 aliphatic heterocycles. The summed E-state index contributed by atoms with van der Waals surface area (Å²) in [4.78, 5) is 4.30. The number of nitrogens with zero attached hydrogens (tertiary/aromatic N) is 2. The van der Waals surface area contributed by atoms with E-state index in [0.29, 0.717) is 25.4 Å². The van der Waals surface area contributed by atoms with Gasteiger partial charge in [-0.05, 0) is 47.6 Å². The molecule has 1 fully saturated rings. The number of thiophene rings is 1. The van der Waals surface area contributed by atoms with Crippen molar-refractivity contribution < 1.29 is 8.42 Å². The number of piperidine rings is 1. The Labute approximate surface area is 155 Å². The first-order valence-electron chi connectivity index (χ1n) is 8.93. The lowest BCUT2D eigenvalue weighted by molar-refractivity contribution is 0.306. The van der Waals surface area contributed by atoms with Gasteiger partial charge in [-0.3, -0.25) is 4.99 Å². The van der Waals surface area contributed by atoms with Gasteiger partial charge in [-0.25, -0.2) is 12.7 Å². The Balaban J connectivity index is 1.77. The zero-order chi connectivity index (χ0) is 18.3. The summed E-state index contributed by atoms with van der Waals surface area (Å²) < 4.78 is 25.9. The minimum absolute atomic E-state index is 0.245. The Morgan fingerprint density at radius 1 is 1.44 bits per heavy atom. The highest BCUT2D eigenvalue weighted by molar-refractivity contribution is 7.89. The Kier molecular flexibility index (Phi) is 7.71. The van der Waals surface area contributed by atoms with Crippen molar-refractivity contribution in [3.8, 4) is 0 Å². The summed E-state index contributed by atoms with van der Waals surface area (Å²) in [5.41, 5.74) is 1.34. The van der Waals surface area contributed by atoms with Crippen LogP contribution in [-0.4, -0.2) is 57.2 Å². The molecule has 25 heavy (non-hydrogen) atoms. The molecule has 0 aliphatic carbocycles. The lowest BCUT2D eigenvalue weighted by Crippen LogP contribution is -2.50. The normalized spacial score (nSPS) is 18.9. The topological polar surface area (TPSA) is 73.8 Å². The molecule has 1 aromatic rings. The van der Waals surface area contributed by atoms with Crippen LogP contribution in [0.5, 0.6) is 0 Å². The number of rotatable bonds is 7. The molecule has 0 bridgehead atoms. The van der Waals surface area contributed by atoms with Crippen LogP contribution in [0.15, 0.2) is 21.8 Å². The zero-order valence-electron chi connectivity index (χ0n) is 15.4. The first kappa shape index (κ1) is 20.2. The van der Waals surface area contributed by atoms with Crippen molar-refractivity contribution in [1.82, 2.24) is 14.9 Å². The third-order valence-corrected chi connectivity index (χ3v) is 7.34. The fourth-order valence-electron chi connectivity index (χ4n) is 2.98. The summed E-state index contributed by atoms with van der Waals surface area (Å²) in [5, 5.41) is 11.1. The Bertz CT molecular complexity index is 636. The number of sulfonamides is 1. The van der Waals surface area contributed by atoms with Crippen molar-refractivity contribution in [2.45, 2.75) is 45.1 Å². The van der Waals surface area contributed by atoms with Gasteiger partial charge in [0.15, 0.2) is 5.96 Å². The van der Waals surface area contributed by atoms with Gasteiger partial charge in [0.05, 0.1) is 5.75 Å². The van der Waals surface area contributed by atoms with Crippen molar-refractivity contribution in [3.05, 3.63) is 22.4 Å². The smallest absolute Gasteiger partial charge is 0.214 e. The molecule has 1 unspecified atom stereocenters. The quantitative estimate of drug-likeness (QED) is 0.557. The molecule has 2 N–H and O–H groups in total. The van der Waals surface area contributed by atoms with Crippen molar-refractivity contribution in [3.63, 3.8) is 0 Å². The second-order valence-corrected chi connectivity index (χ2v) is 9.41. The molecule has 0 radical (unpaired) electrons. The van der Waals surface area contributed by atoms with Crippen molar-refractivity contribution in [1.29, 1.82) is 0 Å². The second-order valence-electron chi connectivity index (χ2n) is 6.54. The van der Waals surface area contributed by atoms with Crippen molar-refractivity contribution in [2.75, 3.05) is 32.4 Å². The second kappa shape index (κ2) is 9.54. The maximum Gasteiger partial charge on any atom is 0.214 e. The van der Waals surface area contributed by atoms with E-state index in [1.165, 1.54) is 5.56 Å². The molecule has 2 heterocycles. The van der Waals surface area contributed by atoms with Crippen LogP contribution >= 0.6 is 11.3 Å². The SMILES string of the molecule is CCCS(=O)(=O)N1CCC(NC(=NC)NCC(C)c2ccsc2)CC1. The molecule has 0 aromatic carbocycles. The zero-order valence-corrected chi connectivity index (χ0v) is 17.0. The minimum Gasteiger partial charge on any atom is -0.356 e. The van der Waals surface area contributed by atoms with Gasteiger partial charge < -0.3 is 10.6 Å². The number of hydrogen-bond donors (Lipinski definition) is 2. The highest BCUT2D eigenvalue weighted by atomic mass is 32.2. The van der Waals surface area contributed by atoms with Crippen LogP contribution < -0.4 is 10.6 Å². The van der Waals surface area contributed by atoms with E-state index in [-0.39, 0.29) is 11.8 Å². The van der Waals surface area contributed by atoms with E-state index in [2.05, 4.69) is 39.4 Å². The number of nitrogens with one attached hydrogen (secondary N) is 2. The number of hydrogen-bond acceptors (Lipinski definition) is 4. The molecule has 0 spiro atoms. The number of guanidine groups is 1. The number of aliphatic imine (C=N–C) groups is 1. The molecule has 6 nitrogen and oxygen atoms in total. The van der Waals surface area contributed by atoms with Gasteiger partial charge in [-0.2, -0.15) is 11.3 Å². The summed E-state index contributed by atoms with van der Waals surface area (Å²) in [5.74, 6) is 1.46. The van der Waals surface area contributed by atoms with Gasteiger partial charge in [-0.15, -0.1) is 0 Å². The summed E-state index contributed by atoms with van der Waals surface area (Å²) in [7, 11) is -1.31. The van der Waals surface area contributed by atoms with Crippen molar-refractivity contribution >= 4 is 27.3 Å². The minimum atomic E-state index is -3.08. The van der Waals surface area contributed by atoms with Gasteiger partial charge in [0.1, 0.15) is 0 Å². The summed E-state index contributed by atoms with van der Waals surface area (Å²) >= 11 is 1.71. The molecule has 1 saturated heterocycles. The lowest BCUT2D eigenvalue weighted by atomic mass is 10.1. The van der Waals surface area contributed by atoms with E-state index in [0.717, 1.165) is 25.3 Å². The van der Waals surface area contributed by atoms with E-state index in [1.807, 2.05) is 6.92 Å². The van der Waals surface area contributed by atoms with Gasteiger partial charge >= 0.3 is 0 Å². The molecular formula is C17H30N4O2S2. The third kappa shape index (κ3) is 5.97. The van der Waals surface area contributed by atoms with Crippen molar-refractivity contribution in [2.24, 2.45) is 4.99 Å². The first-order valence-corrected chi connectivity index (χ1v) is 11.5. The first-order chi connectivity index (χ1) is 12.0. The average molecular weight is 387 g/mol. The Morgan fingerprint density at radius 3 is 2.72 bits per heavy atom. The van der Waals surface area contributed by atoms with Crippen LogP contribution in [0, 0.1) is 0 Å². The predicted octanol–water partition coefficient (Wildman–Crippen LogP) is 2.22. The maximum atomic E-state index is 12.1. The lowest BCUT2D eigenvalue weighted by Gasteiger charge is -2.32. The molecule has 1 aliphatic rings. The molecule has 142 valence electrons. The summed E-state index contributed by atoms with van der Waals surface area (Å²) in [6.07, 6.45) is 2.28. The van der Waals surface area contributed by atoms with E-state index in [4.69, 9.17) is 0 Å².